The van der Waals surface area contributed by atoms with Crippen LogP contribution in [0, 0.1) is 11.3 Å². The van der Waals surface area contributed by atoms with Crippen LogP contribution in [0.15, 0.2) is 24.3 Å². The lowest BCUT2D eigenvalue weighted by Crippen LogP contribution is -2.39. The van der Waals surface area contributed by atoms with E-state index in [-0.39, 0.29) is 5.91 Å². The van der Waals surface area contributed by atoms with Gasteiger partial charge in [-0.15, -0.1) is 0 Å². The van der Waals surface area contributed by atoms with Gasteiger partial charge in [0, 0.05) is 24.5 Å². The van der Waals surface area contributed by atoms with Crippen molar-refractivity contribution in [3.63, 3.8) is 0 Å². The van der Waals surface area contributed by atoms with Gasteiger partial charge in [0.25, 0.3) is 0 Å². The Morgan fingerprint density at radius 1 is 1.20 bits per heavy atom. The molecule has 0 fully saturated rings. The molecular formula is C14H23N5O. The van der Waals surface area contributed by atoms with Crippen LogP contribution >= 0.6 is 0 Å². The maximum absolute atomic E-state index is 12.1. The molecule has 20 heavy (non-hydrogen) atoms. The molecule has 1 atom stereocenters. The molecular weight excluding hydrogens is 254 g/mol. The summed E-state index contributed by atoms with van der Waals surface area (Å²) in [5.74, 6) is -0.681. The molecule has 0 aliphatic carbocycles. The van der Waals surface area contributed by atoms with Crippen LogP contribution in [0.2, 0.25) is 0 Å². The number of carbonyl (C=O) groups excluding carboxylic acids is 1. The van der Waals surface area contributed by atoms with Gasteiger partial charge in [0.2, 0.25) is 5.91 Å². The van der Waals surface area contributed by atoms with E-state index in [0.29, 0.717) is 43.9 Å². The minimum absolute atomic E-state index is 0.175. The third-order valence-electron chi connectivity index (χ3n) is 3.01. The first-order chi connectivity index (χ1) is 9.58. The predicted octanol–water partition coefficient (Wildman–Crippen LogP) is -0.129. The molecule has 8 N–H and O–H groups in total. The highest BCUT2D eigenvalue weighted by Gasteiger charge is 2.22. The van der Waals surface area contributed by atoms with Crippen molar-refractivity contribution in [2.24, 2.45) is 17.4 Å². The van der Waals surface area contributed by atoms with E-state index in [1.807, 2.05) is 12.1 Å². The van der Waals surface area contributed by atoms with E-state index in [0.717, 1.165) is 5.56 Å². The number of amides is 1. The zero-order chi connectivity index (χ0) is 15.0. The lowest BCUT2D eigenvalue weighted by Gasteiger charge is -2.17. The highest BCUT2D eigenvalue weighted by molar-refractivity contribution is 6.03. The predicted molar refractivity (Wildman–Crippen MR) is 81.5 cm³/mol. The molecule has 1 amide bonds. The van der Waals surface area contributed by atoms with E-state index >= 15 is 0 Å². The summed E-state index contributed by atoms with van der Waals surface area (Å²) in [6.45, 7) is 1.15. The van der Waals surface area contributed by atoms with Crippen LogP contribution in [0.4, 0.5) is 5.69 Å². The molecule has 110 valence electrons. The van der Waals surface area contributed by atoms with Gasteiger partial charge in [-0.2, -0.15) is 0 Å². The first-order valence-electron chi connectivity index (χ1n) is 6.68. The van der Waals surface area contributed by atoms with Crippen LogP contribution in [0.25, 0.3) is 0 Å². The minimum Gasteiger partial charge on any atom is -0.399 e. The summed E-state index contributed by atoms with van der Waals surface area (Å²) >= 11 is 0. The van der Waals surface area contributed by atoms with Gasteiger partial charge >= 0.3 is 0 Å². The van der Waals surface area contributed by atoms with E-state index < -0.39 is 5.92 Å². The highest BCUT2D eigenvalue weighted by Crippen LogP contribution is 2.14. The molecule has 1 aromatic rings. The van der Waals surface area contributed by atoms with Crippen LogP contribution in [0.5, 0.6) is 0 Å². The van der Waals surface area contributed by atoms with Crippen molar-refractivity contribution in [2.45, 2.75) is 12.8 Å². The third-order valence-corrected chi connectivity index (χ3v) is 3.01. The third kappa shape index (κ3) is 4.99. The first-order valence-corrected chi connectivity index (χ1v) is 6.68. The highest BCUT2D eigenvalue weighted by atomic mass is 16.1. The Morgan fingerprint density at radius 2 is 1.85 bits per heavy atom. The standard InChI is InChI=1S/C14H23N5O/c15-6-5-13(18)12(14(20)19-8-7-16)9-10-1-3-11(17)4-2-10/h1-4,12,18H,5-9,15-17H2,(H,19,20). The summed E-state index contributed by atoms with van der Waals surface area (Å²) in [5, 5.41) is 10.7. The number of hydrogen-bond donors (Lipinski definition) is 5. The molecule has 6 nitrogen and oxygen atoms in total. The Labute approximate surface area is 119 Å². The Balaban J connectivity index is 2.78. The summed E-state index contributed by atoms with van der Waals surface area (Å²) < 4.78 is 0. The summed E-state index contributed by atoms with van der Waals surface area (Å²) in [6, 6.07) is 7.32. The zero-order valence-electron chi connectivity index (χ0n) is 11.6. The van der Waals surface area contributed by atoms with Gasteiger partial charge in [-0.05, 0) is 37.1 Å². The second-order valence-electron chi connectivity index (χ2n) is 4.64. The van der Waals surface area contributed by atoms with Crippen LogP contribution in [0.1, 0.15) is 12.0 Å². The molecule has 1 unspecified atom stereocenters. The number of anilines is 1. The molecule has 0 aliphatic rings. The molecule has 0 saturated heterocycles. The summed E-state index contributed by atoms with van der Waals surface area (Å²) in [7, 11) is 0. The number of benzene rings is 1. The minimum atomic E-state index is -0.506. The van der Waals surface area contributed by atoms with E-state index in [4.69, 9.17) is 22.6 Å². The molecule has 0 radical (unpaired) electrons. The van der Waals surface area contributed by atoms with Gasteiger partial charge < -0.3 is 27.9 Å². The number of hydrogen-bond acceptors (Lipinski definition) is 5. The van der Waals surface area contributed by atoms with Crippen molar-refractivity contribution in [3.8, 4) is 0 Å². The summed E-state index contributed by atoms with van der Waals surface area (Å²) in [4.78, 5) is 12.1. The second kappa shape index (κ2) is 8.29. The first kappa shape index (κ1) is 16.1. The Morgan fingerprint density at radius 3 is 2.40 bits per heavy atom. The van der Waals surface area contributed by atoms with Crippen molar-refractivity contribution in [3.05, 3.63) is 29.8 Å². The van der Waals surface area contributed by atoms with E-state index in [1.165, 1.54) is 0 Å². The number of nitrogen functional groups attached to an aromatic ring is 1. The van der Waals surface area contributed by atoms with Gasteiger partial charge in [-0.3, -0.25) is 4.79 Å². The van der Waals surface area contributed by atoms with Crippen LogP contribution in [-0.4, -0.2) is 31.3 Å². The van der Waals surface area contributed by atoms with Gasteiger partial charge in [-0.25, -0.2) is 0 Å². The maximum atomic E-state index is 12.1. The van der Waals surface area contributed by atoms with Crippen molar-refractivity contribution in [2.75, 3.05) is 25.4 Å². The lowest BCUT2D eigenvalue weighted by atomic mass is 9.92. The number of nitrogens with one attached hydrogen (secondary N) is 2. The van der Waals surface area contributed by atoms with Gasteiger partial charge in [0.05, 0.1) is 5.92 Å². The topological polar surface area (TPSA) is 131 Å². The number of rotatable bonds is 8. The summed E-state index contributed by atoms with van der Waals surface area (Å²) in [5.41, 5.74) is 18.5. The quantitative estimate of drug-likeness (QED) is 0.334. The van der Waals surface area contributed by atoms with Crippen molar-refractivity contribution in [1.82, 2.24) is 5.32 Å². The fourth-order valence-electron chi connectivity index (χ4n) is 1.91. The van der Waals surface area contributed by atoms with Gasteiger partial charge in [-0.1, -0.05) is 12.1 Å². The fourth-order valence-corrected chi connectivity index (χ4v) is 1.91. The summed E-state index contributed by atoms with van der Waals surface area (Å²) in [6.07, 6.45) is 0.880. The molecule has 1 aromatic carbocycles. The largest absolute Gasteiger partial charge is 0.399 e. The average molecular weight is 277 g/mol. The molecule has 6 heteroatoms. The molecule has 0 aliphatic heterocycles. The van der Waals surface area contributed by atoms with Crippen LogP contribution in [0.3, 0.4) is 0 Å². The van der Waals surface area contributed by atoms with Gasteiger partial charge in [0.15, 0.2) is 0 Å². The molecule has 0 aromatic heterocycles. The smallest absolute Gasteiger partial charge is 0.229 e. The monoisotopic (exact) mass is 277 g/mol. The molecule has 0 bridgehead atoms. The second-order valence-corrected chi connectivity index (χ2v) is 4.64. The Bertz CT molecular complexity index is 443. The van der Waals surface area contributed by atoms with Crippen molar-refractivity contribution < 1.29 is 4.79 Å². The normalized spacial score (nSPS) is 11.9. The zero-order valence-corrected chi connectivity index (χ0v) is 11.6. The molecule has 0 saturated carbocycles. The van der Waals surface area contributed by atoms with E-state index in [2.05, 4.69) is 5.32 Å². The Kier molecular flexibility index (Phi) is 6.69. The SMILES string of the molecule is N=C(CCN)C(Cc1ccc(N)cc1)C(=O)NCCN. The maximum Gasteiger partial charge on any atom is 0.229 e. The number of carbonyl (C=O) groups is 1. The van der Waals surface area contributed by atoms with Gasteiger partial charge in [0.1, 0.15) is 0 Å². The average Bonchev–Trinajstić information content (AvgIpc) is 2.44. The molecule has 0 spiro atoms. The van der Waals surface area contributed by atoms with E-state index in [9.17, 15) is 4.79 Å². The fraction of sp³-hybridized carbons (Fsp3) is 0.429. The van der Waals surface area contributed by atoms with E-state index in [1.54, 1.807) is 12.1 Å². The molecule has 1 rings (SSSR count). The van der Waals surface area contributed by atoms with Crippen molar-refractivity contribution in [1.29, 1.82) is 5.41 Å². The Hall–Kier alpha value is -1.92. The van der Waals surface area contributed by atoms with Crippen LogP contribution in [-0.2, 0) is 11.2 Å². The lowest BCUT2D eigenvalue weighted by molar-refractivity contribution is -0.123. The van der Waals surface area contributed by atoms with Crippen molar-refractivity contribution >= 4 is 17.3 Å². The molecule has 0 heterocycles. The van der Waals surface area contributed by atoms with Crippen LogP contribution < -0.4 is 22.5 Å². The number of nitrogens with two attached hydrogens (primary N) is 3.